The number of pyridine rings is 1. The topological polar surface area (TPSA) is 83.3 Å². The maximum atomic E-state index is 13.4. The number of hydrogen-bond acceptors (Lipinski definition) is 7. The van der Waals surface area contributed by atoms with Crippen LogP contribution in [0.15, 0.2) is 46.3 Å². The third-order valence-electron chi connectivity index (χ3n) is 5.67. The van der Waals surface area contributed by atoms with Crippen LogP contribution in [-0.2, 0) is 33.8 Å². The minimum atomic E-state index is -0.375. The summed E-state index contributed by atoms with van der Waals surface area (Å²) >= 11 is 1.18. The molecule has 0 amide bonds. The van der Waals surface area contributed by atoms with Crippen LogP contribution in [0.4, 0.5) is 0 Å². The molecule has 1 aliphatic rings. The van der Waals surface area contributed by atoms with Crippen molar-refractivity contribution in [2.24, 2.45) is 0 Å². The van der Waals surface area contributed by atoms with Gasteiger partial charge in [0.2, 0.25) is 0 Å². The van der Waals surface area contributed by atoms with Gasteiger partial charge in [-0.1, -0.05) is 49.0 Å². The van der Waals surface area contributed by atoms with Crippen LogP contribution in [-0.4, -0.2) is 39.0 Å². The van der Waals surface area contributed by atoms with Gasteiger partial charge < -0.3 is 9.47 Å². The standard InChI is InChI=1S/C23H25N3O4S/c1-4-23(2)11-18-16(13-30-23)10-17-20(24-18)25-22(31-14-19(27)29-3)26(21(17)28)12-15-8-6-5-7-9-15/h5-10H,4,11-14H2,1-3H3/t23-/m0/s1. The summed E-state index contributed by atoms with van der Waals surface area (Å²) in [6, 6.07) is 11.6. The number of nitrogens with zero attached hydrogens (tertiary/aromatic N) is 3. The number of esters is 1. The van der Waals surface area contributed by atoms with Crippen molar-refractivity contribution in [3.8, 4) is 0 Å². The summed E-state index contributed by atoms with van der Waals surface area (Å²) in [4.78, 5) is 34.6. The van der Waals surface area contributed by atoms with Crippen LogP contribution in [0.1, 0.15) is 37.1 Å². The number of carbonyl (C=O) groups is 1. The Labute approximate surface area is 184 Å². The highest BCUT2D eigenvalue weighted by atomic mass is 32.2. The van der Waals surface area contributed by atoms with Gasteiger partial charge in [-0.3, -0.25) is 14.2 Å². The van der Waals surface area contributed by atoms with E-state index in [1.54, 1.807) is 4.57 Å². The molecule has 0 spiro atoms. The number of rotatable bonds is 6. The van der Waals surface area contributed by atoms with E-state index >= 15 is 0 Å². The van der Waals surface area contributed by atoms with E-state index in [0.29, 0.717) is 35.8 Å². The van der Waals surface area contributed by atoms with Crippen molar-refractivity contribution in [3.05, 3.63) is 63.6 Å². The van der Waals surface area contributed by atoms with E-state index in [9.17, 15) is 9.59 Å². The van der Waals surface area contributed by atoms with Crippen LogP contribution in [0.2, 0.25) is 0 Å². The fraction of sp³-hybridized carbons (Fsp3) is 0.391. The third kappa shape index (κ3) is 4.50. The zero-order chi connectivity index (χ0) is 22.0. The molecule has 31 heavy (non-hydrogen) atoms. The maximum absolute atomic E-state index is 13.4. The minimum absolute atomic E-state index is 0.0654. The van der Waals surface area contributed by atoms with E-state index in [1.807, 2.05) is 36.4 Å². The molecule has 162 valence electrons. The second kappa shape index (κ2) is 8.80. The molecule has 3 heterocycles. The number of fused-ring (bicyclic) bond motifs is 2. The van der Waals surface area contributed by atoms with Gasteiger partial charge in [0.05, 0.1) is 42.7 Å². The molecule has 0 saturated heterocycles. The van der Waals surface area contributed by atoms with Gasteiger partial charge in [-0.05, 0) is 25.0 Å². The van der Waals surface area contributed by atoms with Crippen LogP contribution in [0.5, 0.6) is 0 Å². The number of ether oxygens (including phenoxy) is 2. The van der Waals surface area contributed by atoms with Crippen molar-refractivity contribution < 1.29 is 14.3 Å². The highest BCUT2D eigenvalue weighted by Gasteiger charge is 2.31. The summed E-state index contributed by atoms with van der Waals surface area (Å²) < 4.78 is 12.4. The van der Waals surface area contributed by atoms with E-state index < -0.39 is 0 Å². The normalized spacial score (nSPS) is 18.0. The Balaban J connectivity index is 1.82. The minimum Gasteiger partial charge on any atom is -0.468 e. The Morgan fingerprint density at radius 1 is 1.29 bits per heavy atom. The quantitative estimate of drug-likeness (QED) is 0.331. The molecule has 7 nitrogen and oxygen atoms in total. The first-order valence-corrected chi connectivity index (χ1v) is 11.2. The lowest BCUT2D eigenvalue weighted by Crippen LogP contribution is -2.35. The largest absolute Gasteiger partial charge is 0.468 e. The van der Waals surface area contributed by atoms with E-state index in [0.717, 1.165) is 23.2 Å². The molecule has 0 bridgehead atoms. The van der Waals surface area contributed by atoms with Crippen molar-refractivity contribution in [2.45, 2.75) is 50.6 Å². The molecule has 0 fully saturated rings. The van der Waals surface area contributed by atoms with E-state index in [2.05, 4.69) is 18.8 Å². The lowest BCUT2D eigenvalue weighted by Gasteiger charge is -2.33. The SMILES string of the molecule is CC[C@@]1(C)Cc2nc3nc(SCC(=O)OC)n(Cc4ccccc4)c(=O)c3cc2CO1. The Morgan fingerprint density at radius 2 is 2.06 bits per heavy atom. The summed E-state index contributed by atoms with van der Waals surface area (Å²) in [5.41, 5.74) is 2.77. The summed E-state index contributed by atoms with van der Waals surface area (Å²) in [5, 5.41) is 0.908. The molecule has 0 radical (unpaired) electrons. The number of methoxy groups -OCH3 is 1. The molecule has 8 heteroatoms. The van der Waals surface area contributed by atoms with E-state index in [4.69, 9.17) is 14.5 Å². The molecule has 0 aliphatic carbocycles. The molecule has 1 aliphatic heterocycles. The van der Waals surface area contributed by atoms with Crippen molar-refractivity contribution in [1.29, 1.82) is 0 Å². The molecule has 1 aromatic carbocycles. The molecule has 3 aromatic rings. The fourth-order valence-corrected chi connectivity index (χ4v) is 4.39. The van der Waals surface area contributed by atoms with Gasteiger partial charge in [-0.15, -0.1) is 0 Å². The van der Waals surface area contributed by atoms with Crippen molar-refractivity contribution >= 4 is 28.8 Å². The number of hydrogen-bond donors (Lipinski definition) is 0. The number of benzene rings is 1. The van der Waals surface area contributed by atoms with Gasteiger partial charge >= 0.3 is 5.97 Å². The summed E-state index contributed by atoms with van der Waals surface area (Å²) in [5.74, 6) is -0.310. The van der Waals surface area contributed by atoms with Crippen LogP contribution < -0.4 is 5.56 Å². The van der Waals surface area contributed by atoms with Crippen LogP contribution in [0, 0.1) is 0 Å². The molecule has 0 unspecified atom stereocenters. The molecule has 4 rings (SSSR count). The highest BCUT2D eigenvalue weighted by molar-refractivity contribution is 7.99. The lowest BCUT2D eigenvalue weighted by molar-refractivity contribution is -0.137. The van der Waals surface area contributed by atoms with Gasteiger partial charge in [-0.25, -0.2) is 9.97 Å². The summed E-state index contributed by atoms with van der Waals surface area (Å²) in [7, 11) is 1.34. The van der Waals surface area contributed by atoms with E-state index in [1.165, 1.54) is 18.9 Å². The lowest BCUT2D eigenvalue weighted by atomic mass is 9.91. The highest BCUT2D eigenvalue weighted by Crippen LogP contribution is 2.31. The molecule has 0 N–H and O–H groups in total. The average Bonchev–Trinajstić information content (AvgIpc) is 2.79. The average molecular weight is 440 g/mol. The Kier molecular flexibility index (Phi) is 6.11. The van der Waals surface area contributed by atoms with E-state index in [-0.39, 0.29) is 22.9 Å². The van der Waals surface area contributed by atoms with Crippen molar-refractivity contribution in [3.63, 3.8) is 0 Å². The van der Waals surface area contributed by atoms with Gasteiger partial charge in [-0.2, -0.15) is 0 Å². The maximum Gasteiger partial charge on any atom is 0.316 e. The molecular weight excluding hydrogens is 414 g/mol. The smallest absolute Gasteiger partial charge is 0.316 e. The van der Waals surface area contributed by atoms with Crippen LogP contribution in [0.25, 0.3) is 11.0 Å². The van der Waals surface area contributed by atoms with Crippen molar-refractivity contribution in [1.82, 2.24) is 14.5 Å². The predicted molar refractivity (Wildman–Crippen MR) is 119 cm³/mol. The Morgan fingerprint density at radius 3 is 2.77 bits per heavy atom. The monoisotopic (exact) mass is 439 g/mol. The number of carbonyl (C=O) groups excluding carboxylic acids is 1. The zero-order valence-electron chi connectivity index (χ0n) is 17.9. The molecule has 1 atom stereocenters. The molecular formula is C23H25N3O4S. The molecule has 0 saturated carbocycles. The Hall–Kier alpha value is -2.71. The first-order chi connectivity index (χ1) is 14.9. The second-order valence-electron chi connectivity index (χ2n) is 7.87. The Bertz CT molecular complexity index is 1180. The predicted octanol–water partition coefficient (Wildman–Crippen LogP) is 3.35. The van der Waals surface area contributed by atoms with Crippen LogP contribution in [0.3, 0.4) is 0 Å². The van der Waals surface area contributed by atoms with Gasteiger partial charge in [0.15, 0.2) is 10.8 Å². The van der Waals surface area contributed by atoms with Crippen LogP contribution >= 0.6 is 11.8 Å². The van der Waals surface area contributed by atoms with Crippen molar-refractivity contribution in [2.75, 3.05) is 12.9 Å². The number of thioether (sulfide) groups is 1. The van der Waals surface area contributed by atoms with Gasteiger partial charge in [0, 0.05) is 12.0 Å². The fourth-order valence-electron chi connectivity index (χ4n) is 3.57. The van der Waals surface area contributed by atoms with Gasteiger partial charge in [0.25, 0.3) is 5.56 Å². The first-order valence-electron chi connectivity index (χ1n) is 10.2. The van der Waals surface area contributed by atoms with Gasteiger partial charge in [0.1, 0.15) is 0 Å². The molecule has 2 aromatic heterocycles. The summed E-state index contributed by atoms with van der Waals surface area (Å²) in [6.07, 6.45) is 1.55. The zero-order valence-corrected chi connectivity index (χ0v) is 18.7. The second-order valence-corrected chi connectivity index (χ2v) is 8.81. The first kappa shape index (κ1) is 21.5. The number of aromatic nitrogens is 3. The summed E-state index contributed by atoms with van der Waals surface area (Å²) in [6.45, 7) is 4.95. The third-order valence-corrected chi connectivity index (χ3v) is 6.62.